The Morgan fingerprint density at radius 1 is 0.500 bits per heavy atom. The van der Waals surface area contributed by atoms with Crippen molar-refractivity contribution in [3.05, 3.63) is 207 Å². The highest BCUT2D eigenvalue weighted by Crippen LogP contribution is 2.57. The minimum Gasteiger partial charge on any atom is -0.491 e. The summed E-state index contributed by atoms with van der Waals surface area (Å²) in [6.07, 6.45) is -9.26. The van der Waals surface area contributed by atoms with E-state index in [0.29, 0.717) is 79.9 Å². The molecule has 2 saturated heterocycles. The molecule has 0 amide bonds. The number of hydrogen-bond acceptors (Lipinski definition) is 10. The van der Waals surface area contributed by atoms with Crippen LogP contribution in [0.1, 0.15) is 82.3 Å². The Morgan fingerprint density at radius 2 is 1.00 bits per heavy atom. The highest BCUT2D eigenvalue weighted by molar-refractivity contribution is 6.15. The zero-order valence-corrected chi connectivity index (χ0v) is 46.8. The van der Waals surface area contributed by atoms with Gasteiger partial charge in [0.05, 0.1) is 42.6 Å². The van der Waals surface area contributed by atoms with Gasteiger partial charge in [-0.2, -0.15) is 54.4 Å². The fourth-order valence-corrected chi connectivity index (χ4v) is 10.8. The molecule has 8 aromatic carbocycles. The van der Waals surface area contributed by atoms with Crippen LogP contribution in [0.25, 0.3) is 33.4 Å². The Hall–Kier alpha value is -9.65. The minimum atomic E-state index is -6.24. The number of carbonyl (C=O) groups is 1. The number of nitriles is 2. The quantitative estimate of drug-likeness (QED) is 0.0524. The second kappa shape index (κ2) is 25.4. The Labute approximate surface area is 502 Å². The normalized spacial score (nSPS) is 15.4. The van der Waals surface area contributed by atoms with Gasteiger partial charge in [0.1, 0.15) is 46.4 Å². The number of aryl methyl sites for hydroxylation is 1. The zero-order chi connectivity index (χ0) is 64.6. The van der Waals surface area contributed by atoms with Crippen molar-refractivity contribution < 1.29 is 99.4 Å². The summed E-state index contributed by atoms with van der Waals surface area (Å²) in [4.78, 5) is 15.3. The number of carbonyl (C=O) groups excluding carboxylic acids is 1. The average Bonchev–Trinajstić information content (AvgIpc) is 0.768. The molecular weight excluding hydrogens is 1210 g/mol. The maximum atomic E-state index is 15.4. The van der Waals surface area contributed by atoms with E-state index in [1.54, 1.807) is 49.4 Å². The van der Waals surface area contributed by atoms with E-state index in [2.05, 4.69) is 10.8 Å². The fraction of sp³-hybridized carbons (Fsp3) is 0.227. The predicted molar refractivity (Wildman–Crippen MR) is 294 cm³/mol. The van der Waals surface area contributed by atoms with Crippen LogP contribution in [0.2, 0.25) is 0 Å². The third-order valence-electron chi connectivity index (χ3n) is 15.2. The number of benzene rings is 8. The van der Waals surface area contributed by atoms with E-state index in [0.717, 1.165) is 37.8 Å². The minimum absolute atomic E-state index is 0.0422. The Kier molecular flexibility index (Phi) is 17.9. The topological polar surface area (TPSA) is 129 Å². The molecule has 2 aliphatic heterocycles. The predicted octanol–water partition coefficient (Wildman–Crippen LogP) is 17.9. The Balaban J connectivity index is 0.977. The van der Waals surface area contributed by atoms with Crippen LogP contribution in [0.15, 0.2) is 121 Å². The number of ketones is 1. The molecule has 10 nitrogen and oxygen atoms in total. The maximum absolute atomic E-state index is 15.4. The first-order valence-electron chi connectivity index (χ1n) is 27.3. The smallest absolute Gasteiger partial charge is 0.411 e. The van der Waals surface area contributed by atoms with Gasteiger partial charge in [-0.05, 0) is 109 Å². The van der Waals surface area contributed by atoms with E-state index in [1.807, 2.05) is 6.07 Å². The van der Waals surface area contributed by atoms with Gasteiger partial charge in [-0.1, -0.05) is 66.7 Å². The number of alkyl halides is 6. The van der Waals surface area contributed by atoms with Crippen molar-refractivity contribution >= 4 is 5.78 Å². The van der Waals surface area contributed by atoms with Gasteiger partial charge >= 0.3 is 12.4 Å². The molecule has 0 N–H and O–H groups in total. The lowest BCUT2D eigenvalue weighted by atomic mass is 9.73. The second-order valence-corrected chi connectivity index (χ2v) is 20.6. The van der Waals surface area contributed by atoms with Crippen LogP contribution in [-0.4, -0.2) is 51.0 Å². The number of ether oxygens (including phenoxy) is 7. The van der Waals surface area contributed by atoms with Crippen LogP contribution in [0, 0.1) is 76.1 Å². The summed E-state index contributed by atoms with van der Waals surface area (Å²) in [5.74, 6) is -26.0. The molecule has 24 heteroatoms. The summed E-state index contributed by atoms with van der Waals surface area (Å²) in [6.45, 7) is 2.64. The van der Waals surface area contributed by atoms with Gasteiger partial charge in [-0.3, -0.25) is 4.79 Å². The molecule has 8 aromatic rings. The lowest BCUT2D eigenvalue weighted by Gasteiger charge is -2.38. The van der Waals surface area contributed by atoms with E-state index < -0.39 is 122 Å². The van der Waals surface area contributed by atoms with Crippen molar-refractivity contribution in [3.63, 3.8) is 0 Å². The maximum Gasteiger partial charge on any atom is 0.411 e. The first-order valence-corrected chi connectivity index (χ1v) is 27.3. The molecule has 0 aliphatic carbocycles. The first-order chi connectivity index (χ1) is 42.9. The third-order valence-corrected chi connectivity index (χ3v) is 15.2. The third kappa shape index (κ3) is 11.7. The lowest BCUT2D eigenvalue weighted by molar-refractivity contribution is -0.288. The SMILES string of the molecule is COc1c(F)c(F)c(-c2c(F)c(F)c(Oc3ccc(C(c4ccc(Oc5cccc(-c6ccc(-c7cccc(C)c7C#N)c(C(=O)c7ccc(OC8CCCCO8)cc7OC7CCCCO7)c6)c5C#N)cc4)(C(F)(F)F)C(F)(F)F)cc3)c(F)c2F)c(F)c1F. The van der Waals surface area contributed by atoms with Crippen molar-refractivity contribution in [2.75, 3.05) is 20.3 Å². The summed E-state index contributed by atoms with van der Waals surface area (Å²) in [6, 6.07) is 26.2. The zero-order valence-electron chi connectivity index (χ0n) is 46.8. The molecule has 2 unspecified atom stereocenters. The fourth-order valence-electron chi connectivity index (χ4n) is 10.8. The first kappa shape index (κ1) is 63.4. The van der Waals surface area contributed by atoms with Crippen molar-refractivity contribution in [2.24, 2.45) is 0 Å². The molecule has 90 heavy (non-hydrogen) atoms. The largest absolute Gasteiger partial charge is 0.491 e. The molecule has 2 aliphatic rings. The van der Waals surface area contributed by atoms with Crippen LogP contribution in [0.5, 0.6) is 40.2 Å². The number of halogens is 14. The van der Waals surface area contributed by atoms with Crippen molar-refractivity contribution in [2.45, 2.75) is 75.8 Å². The molecule has 0 aromatic heterocycles. The molecule has 2 fully saturated rings. The molecule has 0 radical (unpaired) electrons. The van der Waals surface area contributed by atoms with Gasteiger partial charge in [-0.25, -0.2) is 17.6 Å². The van der Waals surface area contributed by atoms with Gasteiger partial charge in [-0.15, -0.1) is 0 Å². The second-order valence-electron chi connectivity index (χ2n) is 20.6. The van der Waals surface area contributed by atoms with Crippen molar-refractivity contribution in [1.82, 2.24) is 0 Å². The van der Waals surface area contributed by atoms with Gasteiger partial charge < -0.3 is 33.2 Å². The standard InChI is InChI=1S/C66H44F14N2O8/c1-33-9-7-11-41(45(33)31-81)42-25-15-34(29-44(42)61(83)43-26-24-39(88-49-13-3-5-27-85-49)30-48(43)90-50-14-4-6-28-86-50)40-10-8-12-47(46(40)32-82)87-37-20-16-35(17-21-37)64(65(75,76)77,66(78,79)80)36-18-22-38(23-19-36)89-63-59(73)55(69)52(56(70)60(63)74)51-53(67)57(71)62(84-2)58(72)54(51)68/h7-12,15-26,29-30,49-50H,3-6,13-14,27-28H2,1-2H3. The molecule has 2 atom stereocenters. The highest BCUT2D eigenvalue weighted by Gasteiger charge is 2.72. The van der Waals surface area contributed by atoms with Crippen molar-refractivity contribution in [1.29, 1.82) is 10.5 Å². The summed E-state index contributed by atoms with van der Waals surface area (Å²) >= 11 is 0. The van der Waals surface area contributed by atoms with E-state index in [1.165, 1.54) is 30.3 Å². The average molecular weight is 1260 g/mol. The number of rotatable bonds is 16. The number of nitrogens with zero attached hydrogens (tertiary/aromatic N) is 2. The van der Waals surface area contributed by atoms with E-state index >= 15 is 48.7 Å². The van der Waals surface area contributed by atoms with Crippen molar-refractivity contribution in [3.8, 4) is 85.8 Å². The molecule has 0 spiro atoms. The van der Waals surface area contributed by atoms with Crippen LogP contribution in [-0.2, 0) is 14.9 Å². The molecule has 0 saturated carbocycles. The van der Waals surface area contributed by atoms with Gasteiger partial charge in [0.15, 0.2) is 47.4 Å². The summed E-state index contributed by atoms with van der Waals surface area (Å²) in [5.41, 5.74) is -10.7. The molecule has 464 valence electrons. The molecular formula is C66H44F14N2O8. The summed E-state index contributed by atoms with van der Waals surface area (Å²) in [5, 5.41) is 21.1. The number of hydrogen-bond donors (Lipinski definition) is 0. The number of methoxy groups -OCH3 is 1. The Bertz CT molecular complexity index is 4100. The molecule has 0 bridgehead atoms. The van der Waals surface area contributed by atoms with Crippen LogP contribution >= 0.6 is 0 Å². The lowest BCUT2D eigenvalue weighted by Crippen LogP contribution is -2.54. The van der Waals surface area contributed by atoms with Crippen LogP contribution in [0.4, 0.5) is 61.5 Å². The summed E-state index contributed by atoms with van der Waals surface area (Å²) in [7, 11) is 0.561. The van der Waals surface area contributed by atoms with Gasteiger partial charge in [0.2, 0.25) is 34.4 Å². The van der Waals surface area contributed by atoms with Gasteiger partial charge in [0, 0.05) is 35.6 Å². The van der Waals surface area contributed by atoms with Gasteiger partial charge in [0.25, 0.3) is 0 Å². The van der Waals surface area contributed by atoms with Crippen LogP contribution < -0.4 is 23.7 Å². The van der Waals surface area contributed by atoms with E-state index in [9.17, 15) is 28.1 Å². The molecule has 2 heterocycles. The summed E-state index contributed by atoms with van der Waals surface area (Å²) < 4.78 is 251. The van der Waals surface area contributed by atoms with Crippen LogP contribution in [0.3, 0.4) is 0 Å². The van der Waals surface area contributed by atoms with E-state index in [4.69, 9.17) is 28.4 Å². The monoisotopic (exact) mass is 1260 g/mol. The van der Waals surface area contributed by atoms with E-state index in [-0.39, 0.29) is 62.8 Å². The highest BCUT2D eigenvalue weighted by atomic mass is 19.4. The molecule has 10 rings (SSSR count). The Morgan fingerprint density at radius 3 is 1.51 bits per heavy atom.